The number of hydrogen-bond donors (Lipinski definition) is 2. The number of carbonyl (C=O) groups is 1. The maximum absolute atomic E-state index is 12.5. The van der Waals surface area contributed by atoms with E-state index in [1.807, 2.05) is 0 Å². The molecule has 2 heterocycles. The van der Waals surface area contributed by atoms with Gasteiger partial charge < -0.3 is 15.1 Å². The van der Waals surface area contributed by atoms with Crippen LogP contribution in [0.15, 0.2) is 52.0 Å². The minimum atomic E-state index is -3.54. The summed E-state index contributed by atoms with van der Waals surface area (Å²) < 4.78 is 30.4. The molecule has 2 aromatic rings. The highest BCUT2D eigenvalue weighted by Gasteiger charge is 2.27. The number of amides is 1. The van der Waals surface area contributed by atoms with Gasteiger partial charge in [0.25, 0.3) is 5.91 Å². The van der Waals surface area contributed by atoms with Crippen molar-refractivity contribution in [3.63, 3.8) is 0 Å². The highest BCUT2D eigenvalue weighted by Crippen LogP contribution is 2.20. The highest BCUT2D eigenvalue weighted by atomic mass is 32.2. The van der Waals surface area contributed by atoms with Crippen LogP contribution >= 0.6 is 0 Å². The third-order valence-corrected chi connectivity index (χ3v) is 6.23. The molecule has 1 aromatic heterocycles. The second-order valence-electron chi connectivity index (χ2n) is 6.40. The van der Waals surface area contributed by atoms with Crippen LogP contribution in [-0.4, -0.2) is 33.5 Å². The molecule has 2 N–H and O–H groups in total. The summed E-state index contributed by atoms with van der Waals surface area (Å²) in [5, 5.41) is 6.20. The van der Waals surface area contributed by atoms with Gasteiger partial charge in [-0.3, -0.25) is 4.79 Å². The lowest BCUT2D eigenvalue weighted by Crippen LogP contribution is -2.50. The number of nitrogens with one attached hydrogen (secondary N) is 2. The van der Waals surface area contributed by atoms with Crippen LogP contribution in [0, 0.1) is 5.92 Å². The Bertz CT molecular complexity index is 830. The summed E-state index contributed by atoms with van der Waals surface area (Å²) >= 11 is 0. The smallest absolute Gasteiger partial charge is 0.287 e. The number of rotatable bonds is 5. The lowest BCUT2D eigenvalue weighted by Gasteiger charge is -2.30. The fourth-order valence-corrected chi connectivity index (χ4v) is 4.36. The van der Waals surface area contributed by atoms with Gasteiger partial charge in [0.05, 0.1) is 16.9 Å². The number of carbonyl (C=O) groups excluding carboxylic acids is 1. The molecular weight excluding hydrogens is 340 g/mol. The average molecular weight is 362 g/mol. The van der Waals surface area contributed by atoms with E-state index in [2.05, 4.69) is 17.6 Å². The molecule has 7 heteroatoms. The maximum Gasteiger partial charge on any atom is 0.287 e. The van der Waals surface area contributed by atoms with E-state index in [1.54, 1.807) is 30.3 Å². The van der Waals surface area contributed by atoms with Crippen LogP contribution in [0.25, 0.3) is 0 Å². The minimum Gasteiger partial charge on any atom is -0.459 e. The monoisotopic (exact) mass is 362 g/mol. The molecular formula is C18H22N2O4S. The van der Waals surface area contributed by atoms with E-state index < -0.39 is 9.84 Å². The van der Waals surface area contributed by atoms with Gasteiger partial charge in [-0.1, -0.05) is 25.1 Å². The van der Waals surface area contributed by atoms with Crippen molar-refractivity contribution in [3.05, 3.63) is 54.0 Å². The van der Waals surface area contributed by atoms with Crippen molar-refractivity contribution in [2.45, 2.75) is 30.0 Å². The minimum absolute atomic E-state index is 0.00457. The van der Waals surface area contributed by atoms with E-state index in [0.717, 1.165) is 13.0 Å². The number of sulfone groups is 1. The van der Waals surface area contributed by atoms with E-state index >= 15 is 0 Å². The first-order valence-corrected chi connectivity index (χ1v) is 9.98. The first kappa shape index (κ1) is 17.7. The predicted octanol–water partition coefficient (Wildman–Crippen LogP) is 1.98. The lowest BCUT2D eigenvalue weighted by atomic mass is 9.95. The number of furan rings is 1. The van der Waals surface area contributed by atoms with Crippen LogP contribution in [0.2, 0.25) is 0 Å². The molecule has 134 valence electrons. The van der Waals surface area contributed by atoms with Crippen LogP contribution in [0.1, 0.15) is 29.5 Å². The molecule has 1 fully saturated rings. The van der Waals surface area contributed by atoms with Gasteiger partial charge in [0, 0.05) is 18.2 Å². The summed E-state index contributed by atoms with van der Waals surface area (Å²) in [6.45, 7) is 3.73. The largest absolute Gasteiger partial charge is 0.459 e. The molecule has 2 unspecified atom stereocenters. The first-order valence-electron chi connectivity index (χ1n) is 8.33. The topological polar surface area (TPSA) is 88.4 Å². The molecule has 0 aliphatic carbocycles. The summed E-state index contributed by atoms with van der Waals surface area (Å²) in [6, 6.07) is 9.74. The molecule has 25 heavy (non-hydrogen) atoms. The molecule has 6 nitrogen and oxygen atoms in total. The molecule has 1 amide bonds. The van der Waals surface area contributed by atoms with Crippen molar-refractivity contribution in [2.24, 2.45) is 5.92 Å². The van der Waals surface area contributed by atoms with Crippen LogP contribution in [-0.2, 0) is 15.6 Å². The zero-order valence-electron chi connectivity index (χ0n) is 14.1. The Kier molecular flexibility index (Phi) is 5.24. The summed E-state index contributed by atoms with van der Waals surface area (Å²) in [4.78, 5) is 12.8. The van der Waals surface area contributed by atoms with Crippen LogP contribution < -0.4 is 10.6 Å². The van der Waals surface area contributed by atoms with Crippen LogP contribution in [0.4, 0.5) is 0 Å². The summed E-state index contributed by atoms with van der Waals surface area (Å²) in [5.41, 5.74) is 0.373. The van der Waals surface area contributed by atoms with Gasteiger partial charge >= 0.3 is 0 Å². The standard InChI is InChI=1S/C18H22N2O4S/c1-13-7-9-19-11-16(13)20-18(21)17-14(8-10-24-17)12-25(22,23)15-5-3-2-4-6-15/h2-6,8,10,13,16,19H,7,9,11-12H2,1H3,(H,20,21). The number of benzene rings is 1. The van der Waals surface area contributed by atoms with Crippen molar-refractivity contribution in [1.82, 2.24) is 10.6 Å². The maximum atomic E-state index is 12.5. The van der Waals surface area contributed by atoms with Gasteiger partial charge in [-0.15, -0.1) is 0 Å². The van der Waals surface area contributed by atoms with E-state index in [9.17, 15) is 13.2 Å². The SMILES string of the molecule is CC1CCNCC1NC(=O)c1occc1CS(=O)(=O)c1ccccc1. The molecule has 3 rings (SSSR count). The molecule has 1 aliphatic heterocycles. The summed E-state index contributed by atoms with van der Waals surface area (Å²) in [5.74, 6) is -0.216. The Labute approximate surface area is 147 Å². The molecule has 0 radical (unpaired) electrons. The van der Waals surface area contributed by atoms with Gasteiger partial charge in [-0.05, 0) is 37.1 Å². The molecule has 0 saturated carbocycles. The Morgan fingerprint density at radius 1 is 1.28 bits per heavy atom. The van der Waals surface area contributed by atoms with Gasteiger partial charge in [0.15, 0.2) is 15.6 Å². The fraction of sp³-hybridized carbons (Fsp3) is 0.389. The average Bonchev–Trinajstić information content (AvgIpc) is 3.05. The molecule has 0 bridgehead atoms. The van der Waals surface area contributed by atoms with Crippen molar-refractivity contribution >= 4 is 15.7 Å². The molecule has 2 atom stereocenters. The second kappa shape index (κ2) is 7.41. The van der Waals surface area contributed by atoms with E-state index in [-0.39, 0.29) is 28.4 Å². The van der Waals surface area contributed by atoms with Crippen molar-refractivity contribution in [2.75, 3.05) is 13.1 Å². The Balaban J connectivity index is 1.75. The predicted molar refractivity (Wildman–Crippen MR) is 93.9 cm³/mol. The number of piperidine rings is 1. The van der Waals surface area contributed by atoms with Crippen molar-refractivity contribution in [3.8, 4) is 0 Å². The molecule has 1 aliphatic rings. The molecule has 1 saturated heterocycles. The Morgan fingerprint density at radius 2 is 2.04 bits per heavy atom. The first-order chi connectivity index (χ1) is 12.0. The summed E-state index contributed by atoms with van der Waals surface area (Å²) in [7, 11) is -3.54. The third kappa shape index (κ3) is 4.11. The molecule has 1 aromatic carbocycles. The molecule has 0 spiro atoms. The highest BCUT2D eigenvalue weighted by molar-refractivity contribution is 7.90. The lowest BCUT2D eigenvalue weighted by molar-refractivity contribution is 0.0886. The van der Waals surface area contributed by atoms with Gasteiger partial charge in [-0.25, -0.2) is 8.42 Å². The zero-order valence-corrected chi connectivity index (χ0v) is 14.9. The van der Waals surface area contributed by atoms with Gasteiger partial charge in [0.1, 0.15) is 0 Å². The van der Waals surface area contributed by atoms with Crippen molar-refractivity contribution < 1.29 is 17.6 Å². The number of hydrogen-bond acceptors (Lipinski definition) is 5. The van der Waals surface area contributed by atoms with Gasteiger partial charge in [0.2, 0.25) is 0 Å². The Morgan fingerprint density at radius 3 is 2.76 bits per heavy atom. The fourth-order valence-electron chi connectivity index (χ4n) is 2.98. The van der Waals surface area contributed by atoms with E-state index in [1.165, 1.54) is 12.3 Å². The van der Waals surface area contributed by atoms with Crippen LogP contribution in [0.5, 0.6) is 0 Å². The zero-order chi connectivity index (χ0) is 17.9. The second-order valence-corrected chi connectivity index (χ2v) is 8.39. The normalized spacial score (nSPS) is 21.0. The third-order valence-electron chi connectivity index (χ3n) is 4.54. The van der Waals surface area contributed by atoms with Crippen LogP contribution in [0.3, 0.4) is 0 Å². The van der Waals surface area contributed by atoms with Gasteiger partial charge in [-0.2, -0.15) is 0 Å². The Hall–Kier alpha value is -2.12. The summed E-state index contributed by atoms with van der Waals surface area (Å²) in [6.07, 6.45) is 2.34. The van der Waals surface area contributed by atoms with Crippen molar-refractivity contribution in [1.29, 1.82) is 0 Å². The van der Waals surface area contributed by atoms with E-state index in [4.69, 9.17) is 4.42 Å². The van der Waals surface area contributed by atoms with E-state index in [0.29, 0.717) is 18.0 Å². The quantitative estimate of drug-likeness (QED) is 0.849.